The van der Waals surface area contributed by atoms with Crippen molar-refractivity contribution < 1.29 is 4.74 Å². The molecule has 0 atom stereocenters. The van der Waals surface area contributed by atoms with E-state index in [1.165, 1.54) is 5.56 Å². The topological polar surface area (TPSA) is 33.1 Å². The highest BCUT2D eigenvalue weighted by molar-refractivity contribution is 5.90. The van der Waals surface area contributed by atoms with Crippen molar-refractivity contribution in [2.24, 2.45) is 0 Å². The fourth-order valence-electron chi connectivity index (χ4n) is 1.42. The van der Waals surface area contributed by atoms with E-state index in [4.69, 9.17) is 10.1 Å². The largest absolute Gasteiger partial charge is 0.462 e. The molecule has 0 amide bonds. The molecule has 15 heavy (non-hydrogen) atoms. The highest BCUT2D eigenvalue weighted by Gasteiger charge is 2.00. The van der Waals surface area contributed by atoms with Gasteiger partial charge in [0.25, 0.3) is 0 Å². The van der Waals surface area contributed by atoms with E-state index in [9.17, 15) is 0 Å². The molecule has 1 N–H and O–H groups in total. The molecule has 2 nitrogen and oxygen atoms in total. The Labute approximate surface area is 91.1 Å². The van der Waals surface area contributed by atoms with Gasteiger partial charge in [-0.25, -0.2) is 0 Å². The molecular weight excluding hydrogens is 186 g/mol. The molecule has 80 valence electrons. The van der Waals surface area contributed by atoms with Crippen LogP contribution >= 0.6 is 0 Å². The Kier molecular flexibility index (Phi) is 3.67. The number of allylic oxidation sites excluding steroid dienone is 2. The van der Waals surface area contributed by atoms with E-state index < -0.39 is 0 Å². The zero-order valence-electron chi connectivity index (χ0n) is 9.72. The van der Waals surface area contributed by atoms with Crippen molar-refractivity contribution >= 4 is 5.71 Å². The molecule has 0 fully saturated rings. The van der Waals surface area contributed by atoms with Crippen molar-refractivity contribution in [3.05, 3.63) is 41.2 Å². The monoisotopic (exact) mass is 203 g/mol. The molecule has 0 aliphatic heterocycles. The van der Waals surface area contributed by atoms with E-state index in [0.29, 0.717) is 5.71 Å². The first-order valence-electron chi connectivity index (χ1n) is 4.97. The van der Waals surface area contributed by atoms with Gasteiger partial charge < -0.3 is 10.1 Å². The third-order valence-corrected chi connectivity index (χ3v) is 2.02. The normalized spacial score (nSPS) is 11.3. The zero-order chi connectivity index (χ0) is 11.4. The van der Waals surface area contributed by atoms with Crippen LogP contribution in [0.15, 0.2) is 30.0 Å². The molecule has 0 radical (unpaired) electrons. The maximum atomic E-state index is 7.32. The minimum atomic E-state index is 0.497. The number of hydrogen-bond donors (Lipinski definition) is 1. The minimum Gasteiger partial charge on any atom is -0.462 e. The molecule has 0 spiro atoms. The minimum absolute atomic E-state index is 0.497. The Morgan fingerprint density at radius 2 is 1.93 bits per heavy atom. The predicted octanol–water partition coefficient (Wildman–Crippen LogP) is 3.63. The number of benzene rings is 1. The van der Waals surface area contributed by atoms with Gasteiger partial charge in [-0.15, -0.1) is 0 Å². The van der Waals surface area contributed by atoms with Gasteiger partial charge in [-0.3, -0.25) is 0 Å². The summed E-state index contributed by atoms with van der Waals surface area (Å²) in [6.45, 7) is 7.67. The van der Waals surface area contributed by atoms with Gasteiger partial charge in [0.05, 0.1) is 0 Å². The number of nitrogens with one attached hydrogen (secondary N) is 1. The molecule has 0 aliphatic carbocycles. The summed E-state index contributed by atoms with van der Waals surface area (Å²) in [7, 11) is 0. The Bertz CT molecular complexity index is 405. The number of rotatable bonds is 3. The molecule has 0 heterocycles. The molecule has 0 saturated carbocycles. The van der Waals surface area contributed by atoms with Crippen LogP contribution in [-0.2, 0) is 0 Å². The summed E-state index contributed by atoms with van der Waals surface area (Å²) in [5.41, 5.74) is 2.84. The lowest BCUT2D eigenvalue weighted by atomic mass is 10.1. The van der Waals surface area contributed by atoms with Crippen molar-refractivity contribution in [2.75, 3.05) is 0 Å². The smallest absolute Gasteiger partial charge is 0.129 e. The standard InChI is InChI=1S/C13H17NO/c1-9-5-6-13(10(2)7-9)15-12(4)8-11(3)14/h5-8,14H,1-4H3/b12-8+,14-11?. The Balaban J connectivity index is 2.86. The van der Waals surface area contributed by atoms with Crippen molar-refractivity contribution in [1.82, 2.24) is 0 Å². The van der Waals surface area contributed by atoms with Crippen LogP contribution in [0, 0.1) is 19.3 Å². The predicted molar refractivity (Wildman–Crippen MR) is 63.7 cm³/mol. The van der Waals surface area contributed by atoms with Crippen LogP contribution in [0.25, 0.3) is 0 Å². The molecule has 1 aromatic carbocycles. The van der Waals surface area contributed by atoms with Gasteiger partial charge in [0.15, 0.2) is 0 Å². The second-order valence-corrected chi connectivity index (χ2v) is 3.81. The van der Waals surface area contributed by atoms with E-state index >= 15 is 0 Å². The molecule has 0 saturated heterocycles. The fourth-order valence-corrected chi connectivity index (χ4v) is 1.42. The first-order valence-corrected chi connectivity index (χ1v) is 4.97. The lowest BCUT2D eigenvalue weighted by Crippen LogP contribution is -1.96. The first kappa shape index (κ1) is 11.5. The van der Waals surface area contributed by atoms with Crippen molar-refractivity contribution in [3.63, 3.8) is 0 Å². The first-order chi connectivity index (χ1) is 6.99. The van der Waals surface area contributed by atoms with E-state index in [1.807, 2.05) is 26.0 Å². The summed E-state index contributed by atoms with van der Waals surface area (Å²) in [6, 6.07) is 6.06. The summed E-state index contributed by atoms with van der Waals surface area (Å²) in [4.78, 5) is 0. The average molecular weight is 203 g/mol. The molecule has 0 aromatic heterocycles. The summed E-state index contributed by atoms with van der Waals surface area (Å²) in [5.74, 6) is 1.60. The second kappa shape index (κ2) is 4.78. The summed E-state index contributed by atoms with van der Waals surface area (Å²) in [5, 5.41) is 7.32. The van der Waals surface area contributed by atoms with Crippen LogP contribution in [0.3, 0.4) is 0 Å². The number of ether oxygens (including phenoxy) is 1. The van der Waals surface area contributed by atoms with Gasteiger partial charge in [-0.05, 0) is 45.4 Å². The van der Waals surface area contributed by atoms with Gasteiger partial charge in [0.2, 0.25) is 0 Å². The molecule has 0 unspecified atom stereocenters. The zero-order valence-corrected chi connectivity index (χ0v) is 9.72. The van der Waals surface area contributed by atoms with Gasteiger partial charge >= 0.3 is 0 Å². The van der Waals surface area contributed by atoms with Crippen LogP contribution in [0.2, 0.25) is 0 Å². The molecular formula is C13H17NO. The van der Waals surface area contributed by atoms with Gasteiger partial charge in [-0.1, -0.05) is 17.7 Å². The van der Waals surface area contributed by atoms with Crippen LogP contribution in [-0.4, -0.2) is 5.71 Å². The van der Waals surface area contributed by atoms with Crippen molar-refractivity contribution in [2.45, 2.75) is 27.7 Å². The lowest BCUT2D eigenvalue weighted by molar-refractivity contribution is 0.425. The van der Waals surface area contributed by atoms with E-state index in [2.05, 4.69) is 13.0 Å². The maximum Gasteiger partial charge on any atom is 0.129 e. The highest BCUT2D eigenvalue weighted by Crippen LogP contribution is 2.20. The third-order valence-electron chi connectivity index (χ3n) is 2.02. The van der Waals surface area contributed by atoms with Gasteiger partial charge in [0.1, 0.15) is 11.5 Å². The van der Waals surface area contributed by atoms with Crippen LogP contribution in [0.1, 0.15) is 25.0 Å². The summed E-state index contributed by atoms with van der Waals surface area (Å²) in [6.07, 6.45) is 1.71. The molecule has 1 rings (SSSR count). The summed E-state index contributed by atoms with van der Waals surface area (Å²) < 4.78 is 5.63. The third kappa shape index (κ3) is 3.58. The molecule has 1 aromatic rings. The Morgan fingerprint density at radius 1 is 1.27 bits per heavy atom. The van der Waals surface area contributed by atoms with Crippen LogP contribution in [0.4, 0.5) is 0 Å². The Hall–Kier alpha value is -1.57. The van der Waals surface area contributed by atoms with E-state index in [0.717, 1.165) is 17.1 Å². The van der Waals surface area contributed by atoms with E-state index in [1.54, 1.807) is 13.0 Å². The van der Waals surface area contributed by atoms with E-state index in [-0.39, 0.29) is 0 Å². The van der Waals surface area contributed by atoms with Crippen molar-refractivity contribution in [3.8, 4) is 5.75 Å². The lowest BCUT2D eigenvalue weighted by Gasteiger charge is -2.09. The van der Waals surface area contributed by atoms with Crippen molar-refractivity contribution in [1.29, 1.82) is 5.41 Å². The summed E-state index contributed by atoms with van der Waals surface area (Å²) >= 11 is 0. The molecule has 0 bridgehead atoms. The highest BCUT2D eigenvalue weighted by atomic mass is 16.5. The second-order valence-electron chi connectivity index (χ2n) is 3.81. The maximum absolute atomic E-state index is 7.32. The quantitative estimate of drug-likeness (QED) is 0.590. The van der Waals surface area contributed by atoms with Gasteiger partial charge in [0, 0.05) is 5.71 Å². The average Bonchev–Trinajstić information content (AvgIpc) is 2.08. The van der Waals surface area contributed by atoms with Crippen LogP contribution in [0.5, 0.6) is 5.75 Å². The number of hydrogen-bond acceptors (Lipinski definition) is 2. The number of aryl methyl sites for hydroxylation is 2. The molecule has 2 heteroatoms. The van der Waals surface area contributed by atoms with Gasteiger partial charge in [-0.2, -0.15) is 0 Å². The molecule has 0 aliphatic rings. The SMILES string of the molecule is CC(=N)/C=C(\C)Oc1ccc(C)cc1C. The fraction of sp³-hybridized carbons (Fsp3) is 0.308. The van der Waals surface area contributed by atoms with Crippen LogP contribution < -0.4 is 4.74 Å². The Morgan fingerprint density at radius 3 is 2.47 bits per heavy atom.